The largest absolute Gasteiger partial charge is 0.462 e. The molecule has 1 heterocycles. The van der Waals surface area contributed by atoms with Gasteiger partial charge in [-0.15, -0.1) is 0 Å². The average molecular weight is 318 g/mol. The second-order valence-corrected chi connectivity index (χ2v) is 5.98. The number of aldehydes is 1. The molecule has 0 unspecified atom stereocenters. The SMILES string of the molecule is CCOC(=O)c1c(C=O)oc2ccc(OC(=O)C(C)(C)C)cc12. The molecule has 23 heavy (non-hydrogen) atoms. The van der Waals surface area contributed by atoms with Crippen LogP contribution in [-0.2, 0) is 9.53 Å². The predicted molar refractivity (Wildman–Crippen MR) is 82.6 cm³/mol. The number of hydrogen-bond acceptors (Lipinski definition) is 6. The summed E-state index contributed by atoms with van der Waals surface area (Å²) in [6, 6.07) is 4.57. The molecule has 0 bridgehead atoms. The summed E-state index contributed by atoms with van der Waals surface area (Å²) >= 11 is 0. The Bertz CT molecular complexity index is 763. The van der Waals surface area contributed by atoms with Crippen molar-refractivity contribution < 1.29 is 28.3 Å². The molecule has 0 radical (unpaired) electrons. The Balaban J connectivity index is 2.49. The van der Waals surface area contributed by atoms with E-state index in [9.17, 15) is 14.4 Å². The number of fused-ring (bicyclic) bond motifs is 1. The highest BCUT2D eigenvalue weighted by molar-refractivity contribution is 6.09. The normalized spacial score (nSPS) is 11.3. The van der Waals surface area contributed by atoms with Crippen LogP contribution in [0, 0.1) is 5.41 Å². The third kappa shape index (κ3) is 3.41. The molecule has 6 nitrogen and oxygen atoms in total. The van der Waals surface area contributed by atoms with Gasteiger partial charge in [-0.3, -0.25) is 9.59 Å². The van der Waals surface area contributed by atoms with E-state index in [4.69, 9.17) is 13.9 Å². The lowest BCUT2D eigenvalue weighted by atomic mass is 9.97. The Kier molecular flexibility index (Phi) is 4.54. The molecular weight excluding hydrogens is 300 g/mol. The minimum Gasteiger partial charge on any atom is -0.462 e. The molecule has 2 aromatic rings. The topological polar surface area (TPSA) is 82.8 Å². The van der Waals surface area contributed by atoms with Crippen LogP contribution >= 0.6 is 0 Å². The van der Waals surface area contributed by atoms with Crippen LogP contribution in [0.1, 0.15) is 48.6 Å². The number of hydrogen-bond donors (Lipinski definition) is 0. The monoisotopic (exact) mass is 318 g/mol. The zero-order valence-electron chi connectivity index (χ0n) is 13.5. The van der Waals surface area contributed by atoms with E-state index < -0.39 is 17.4 Å². The van der Waals surface area contributed by atoms with Gasteiger partial charge in [-0.2, -0.15) is 0 Å². The maximum atomic E-state index is 12.0. The maximum Gasteiger partial charge on any atom is 0.342 e. The molecule has 2 rings (SSSR count). The molecule has 6 heteroatoms. The lowest BCUT2D eigenvalue weighted by Crippen LogP contribution is -2.25. The van der Waals surface area contributed by atoms with Crippen LogP contribution in [0.3, 0.4) is 0 Å². The van der Waals surface area contributed by atoms with Crippen molar-refractivity contribution in [2.75, 3.05) is 6.61 Å². The lowest BCUT2D eigenvalue weighted by molar-refractivity contribution is -0.142. The van der Waals surface area contributed by atoms with E-state index in [-0.39, 0.29) is 23.7 Å². The summed E-state index contributed by atoms with van der Waals surface area (Å²) < 4.78 is 15.6. The second-order valence-electron chi connectivity index (χ2n) is 5.98. The van der Waals surface area contributed by atoms with Crippen LogP contribution in [0.25, 0.3) is 11.0 Å². The van der Waals surface area contributed by atoms with Gasteiger partial charge in [0, 0.05) is 5.39 Å². The highest BCUT2D eigenvalue weighted by atomic mass is 16.5. The number of carbonyl (C=O) groups excluding carboxylic acids is 3. The minimum atomic E-state index is -0.663. The molecule has 0 fully saturated rings. The van der Waals surface area contributed by atoms with Gasteiger partial charge >= 0.3 is 11.9 Å². The van der Waals surface area contributed by atoms with Crippen LogP contribution in [0.5, 0.6) is 5.75 Å². The molecule has 0 saturated heterocycles. The molecule has 0 spiro atoms. The van der Waals surface area contributed by atoms with Gasteiger partial charge in [0.25, 0.3) is 0 Å². The Morgan fingerprint density at radius 3 is 2.52 bits per heavy atom. The van der Waals surface area contributed by atoms with Crippen molar-refractivity contribution in [2.24, 2.45) is 5.41 Å². The molecule has 0 aliphatic rings. The third-order valence-corrected chi connectivity index (χ3v) is 3.10. The molecule has 0 N–H and O–H groups in total. The zero-order chi connectivity index (χ0) is 17.2. The van der Waals surface area contributed by atoms with Crippen LogP contribution in [0.15, 0.2) is 22.6 Å². The number of ether oxygens (including phenoxy) is 2. The van der Waals surface area contributed by atoms with E-state index in [0.29, 0.717) is 17.3 Å². The summed E-state index contributed by atoms with van der Waals surface area (Å²) in [7, 11) is 0. The van der Waals surface area contributed by atoms with E-state index >= 15 is 0 Å². The number of carbonyl (C=O) groups is 3. The fraction of sp³-hybridized carbons (Fsp3) is 0.353. The van der Waals surface area contributed by atoms with Gasteiger partial charge in [-0.05, 0) is 45.9 Å². The second kappa shape index (κ2) is 6.24. The van der Waals surface area contributed by atoms with Crippen molar-refractivity contribution in [3.63, 3.8) is 0 Å². The van der Waals surface area contributed by atoms with E-state index in [1.54, 1.807) is 33.8 Å². The average Bonchev–Trinajstić information content (AvgIpc) is 2.84. The smallest absolute Gasteiger partial charge is 0.342 e. The fourth-order valence-corrected chi connectivity index (χ4v) is 1.92. The maximum absolute atomic E-state index is 12.0. The molecule has 1 aromatic heterocycles. The number of esters is 2. The number of benzene rings is 1. The van der Waals surface area contributed by atoms with E-state index in [0.717, 1.165) is 0 Å². The molecule has 0 atom stereocenters. The molecule has 122 valence electrons. The lowest BCUT2D eigenvalue weighted by Gasteiger charge is -2.16. The van der Waals surface area contributed by atoms with E-state index in [2.05, 4.69) is 0 Å². The first kappa shape index (κ1) is 16.7. The Morgan fingerprint density at radius 2 is 1.96 bits per heavy atom. The van der Waals surface area contributed by atoms with Crippen molar-refractivity contribution in [3.05, 3.63) is 29.5 Å². The van der Waals surface area contributed by atoms with Crippen LogP contribution in [0.4, 0.5) is 0 Å². The summed E-state index contributed by atoms with van der Waals surface area (Å²) in [5, 5.41) is 0.366. The minimum absolute atomic E-state index is 0.0329. The summed E-state index contributed by atoms with van der Waals surface area (Å²) in [6.07, 6.45) is 0.451. The summed E-state index contributed by atoms with van der Waals surface area (Å²) in [4.78, 5) is 35.1. The van der Waals surface area contributed by atoms with Gasteiger partial charge in [-0.1, -0.05) is 0 Å². The highest BCUT2D eigenvalue weighted by Crippen LogP contribution is 2.30. The zero-order valence-corrected chi connectivity index (χ0v) is 13.5. The first-order chi connectivity index (χ1) is 10.8. The van der Waals surface area contributed by atoms with Crippen LogP contribution in [0.2, 0.25) is 0 Å². The van der Waals surface area contributed by atoms with Crippen molar-refractivity contribution in [1.29, 1.82) is 0 Å². The number of rotatable bonds is 4. The molecule has 0 aliphatic heterocycles. The fourth-order valence-electron chi connectivity index (χ4n) is 1.92. The molecule has 0 aliphatic carbocycles. The van der Waals surface area contributed by atoms with Crippen molar-refractivity contribution in [2.45, 2.75) is 27.7 Å². The van der Waals surface area contributed by atoms with Gasteiger partial charge in [0.05, 0.1) is 12.0 Å². The molecule has 0 amide bonds. The Morgan fingerprint density at radius 1 is 1.26 bits per heavy atom. The van der Waals surface area contributed by atoms with E-state index in [1.807, 2.05) is 0 Å². The van der Waals surface area contributed by atoms with Crippen LogP contribution in [-0.4, -0.2) is 24.8 Å². The summed E-state index contributed by atoms with van der Waals surface area (Å²) in [6.45, 7) is 7.04. The molecule has 0 saturated carbocycles. The van der Waals surface area contributed by atoms with Gasteiger partial charge in [-0.25, -0.2) is 4.79 Å². The Labute approximate surface area is 133 Å². The first-order valence-corrected chi connectivity index (χ1v) is 7.19. The van der Waals surface area contributed by atoms with Gasteiger partial charge < -0.3 is 13.9 Å². The summed E-state index contributed by atoms with van der Waals surface area (Å²) in [5.74, 6) is -0.916. The van der Waals surface area contributed by atoms with Crippen molar-refractivity contribution in [1.82, 2.24) is 0 Å². The van der Waals surface area contributed by atoms with Gasteiger partial charge in [0.15, 0.2) is 12.0 Å². The van der Waals surface area contributed by atoms with Crippen molar-refractivity contribution >= 4 is 29.2 Å². The number of furan rings is 1. The highest BCUT2D eigenvalue weighted by Gasteiger charge is 2.25. The standard InChI is InChI=1S/C17H18O6/c1-5-21-15(19)14-11-8-10(22-16(20)17(2,3)4)6-7-12(11)23-13(14)9-18/h6-9H,5H2,1-4H3. The Hall–Kier alpha value is -2.63. The van der Waals surface area contributed by atoms with Crippen LogP contribution < -0.4 is 4.74 Å². The molecular formula is C17H18O6. The quantitative estimate of drug-likeness (QED) is 0.488. The van der Waals surface area contributed by atoms with Crippen molar-refractivity contribution in [3.8, 4) is 5.75 Å². The predicted octanol–water partition coefficient (Wildman–Crippen LogP) is 3.37. The third-order valence-electron chi connectivity index (χ3n) is 3.10. The van der Waals surface area contributed by atoms with E-state index in [1.165, 1.54) is 12.1 Å². The molecule has 1 aromatic carbocycles. The summed E-state index contributed by atoms with van der Waals surface area (Å²) in [5.41, 5.74) is -0.292. The van der Waals surface area contributed by atoms with Gasteiger partial charge in [0.2, 0.25) is 0 Å². The van der Waals surface area contributed by atoms with Gasteiger partial charge in [0.1, 0.15) is 16.9 Å². The first-order valence-electron chi connectivity index (χ1n) is 7.19.